The molecule has 4 rings (SSSR count). The highest BCUT2D eigenvalue weighted by Crippen LogP contribution is 2.18. The number of carbonyl (C=O) groups is 1. The third-order valence-corrected chi connectivity index (χ3v) is 5.56. The third-order valence-electron chi connectivity index (χ3n) is 4.84. The predicted molar refractivity (Wildman–Crippen MR) is 126 cm³/mol. The summed E-state index contributed by atoms with van der Waals surface area (Å²) in [6.45, 7) is 0.588. The molecule has 0 bridgehead atoms. The van der Waals surface area contributed by atoms with E-state index in [1.54, 1.807) is 35.3 Å². The lowest BCUT2D eigenvalue weighted by Gasteiger charge is -2.21. The van der Waals surface area contributed by atoms with Gasteiger partial charge < -0.3 is 9.88 Å². The molecule has 0 saturated carbocycles. The van der Waals surface area contributed by atoms with Gasteiger partial charge in [-0.05, 0) is 35.4 Å². The second-order valence-corrected chi connectivity index (χ2v) is 7.92. The number of benzene rings is 3. The molecule has 0 aliphatic heterocycles. The highest BCUT2D eigenvalue weighted by Gasteiger charge is 2.15. The molecule has 0 aliphatic carbocycles. The van der Waals surface area contributed by atoms with Crippen LogP contribution in [-0.2, 0) is 17.9 Å². The van der Waals surface area contributed by atoms with Gasteiger partial charge in [0.15, 0.2) is 0 Å². The lowest BCUT2D eigenvalue weighted by molar-refractivity contribution is -0.127. The summed E-state index contributed by atoms with van der Waals surface area (Å²) in [4.78, 5) is 34.6. The van der Waals surface area contributed by atoms with Crippen LogP contribution in [0.1, 0.15) is 17.0 Å². The van der Waals surface area contributed by atoms with Crippen LogP contribution in [0.3, 0.4) is 0 Å². The van der Waals surface area contributed by atoms with Crippen molar-refractivity contribution < 1.29 is 4.79 Å². The minimum atomic E-state index is -0.212. The molecule has 4 aromatic rings. The van der Waals surface area contributed by atoms with E-state index >= 15 is 0 Å². The van der Waals surface area contributed by atoms with Crippen molar-refractivity contribution in [2.45, 2.75) is 13.1 Å². The number of hydrogen-bond donors (Lipinski definition) is 1. The Labute approximate surface area is 188 Å². The number of nitrogens with one attached hydrogen (secondary N) is 1. The molecule has 154 valence electrons. The first kappa shape index (κ1) is 20.8. The fourth-order valence-electron chi connectivity index (χ4n) is 3.28. The van der Waals surface area contributed by atoms with Gasteiger partial charge in [-0.3, -0.25) is 9.59 Å². The van der Waals surface area contributed by atoms with E-state index in [0.717, 1.165) is 15.6 Å². The number of para-hydroxylation sites is 1. The van der Waals surface area contributed by atoms with Gasteiger partial charge in [-0.2, -0.15) is 0 Å². The summed E-state index contributed by atoms with van der Waals surface area (Å²) in [5, 5.41) is 0.529. The van der Waals surface area contributed by atoms with E-state index in [9.17, 15) is 9.59 Å². The molecule has 1 heterocycles. The molecule has 31 heavy (non-hydrogen) atoms. The van der Waals surface area contributed by atoms with Crippen molar-refractivity contribution in [2.75, 3.05) is 0 Å². The minimum Gasteiger partial charge on any atom is -0.327 e. The van der Waals surface area contributed by atoms with Crippen molar-refractivity contribution in [3.05, 3.63) is 117 Å². The molecule has 1 amide bonds. The summed E-state index contributed by atoms with van der Waals surface area (Å²) in [6.07, 6.45) is 3.32. The van der Waals surface area contributed by atoms with Crippen molar-refractivity contribution in [3.8, 4) is 0 Å². The maximum atomic E-state index is 13.1. The Bertz CT molecular complexity index is 1300. The molecule has 3 aromatic carbocycles. The van der Waals surface area contributed by atoms with Gasteiger partial charge in [0.25, 0.3) is 5.56 Å². The highest BCUT2D eigenvalue weighted by molar-refractivity contribution is 9.10. The Balaban J connectivity index is 1.63. The number of hydrogen-bond acceptors (Lipinski definition) is 3. The Morgan fingerprint density at radius 3 is 2.45 bits per heavy atom. The molecule has 5 nitrogen and oxygen atoms in total. The number of fused-ring (bicyclic) bond motifs is 1. The summed E-state index contributed by atoms with van der Waals surface area (Å²) < 4.78 is 0.911. The van der Waals surface area contributed by atoms with Crippen molar-refractivity contribution in [1.82, 2.24) is 14.9 Å². The van der Waals surface area contributed by atoms with Gasteiger partial charge >= 0.3 is 0 Å². The number of aromatic nitrogens is 2. The van der Waals surface area contributed by atoms with Crippen LogP contribution in [0.4, 0.5) is 0 Å². The molecule has 0 radical (unpaired) electrons. The molecule has 6 heteroatoms. The number of aromatic amines is 1. The SMILES string of the molecule is O=C(/C=C\c1ccccc1Br)N(Cc1ccccc1)Cc1nc2ccccc2c(=O)[nH]1. The van der Waals surface area contributed by atoms with E-state index in [2.05, 4.69) is 25.9 Å². The van der Waals surface area contributed by atoms with Crippen LogP contribution in [0.25, 0.3) is 17.0 Å². The Kier molecular flexibility index (Phi) is 6.38. The predicted octanol–water partition coefficient (Wildman–Crippen LogP) is 4.93. The van der Waals surface area contributed by atoms with Gasteiger partial charge in [-0.1, -0.05) is 76.6 Å². The maximum absolute atomic E-state index is 13.1. The summed E-state index contributed by atoms with van der Waals surface area (Å²) >= 11 is 3.50. The van der Waals surface area contributed by atoms with Gasteiger partial charge in [0.2, 0.25) is 5.91 Å². The number of amides is 1. The monoisotopic (exact) mass is 473 g/mol. The largest absolute Gasteiger partial charge is 0.327 e. The quantitative estimate of drug-likeness (QED) is 0.403. The van der Waals surface area contributed by atoms with E-state index in [4.69, 9.17) is 0 Å². The number of carbonyl (C=O) groups excluding carboxylic acids is 1. The van der Waals surface area contributed by atoms with Gasteiger partial charge in [0, 0.05) is 17.1 Å². The lowest BCUT2D eigenvalue weighted by atomic mass is 10.2. The molecule has 1 N–H and O–H groups in total. The first-order valence-corrected chi connectivity index (χ1v) is 10.6. The number of H-pyrrole nitrogens is 1. The van der Waals surface area contributed by atoms with E-state index in [0.29, 0.717) is 23.3 Å². The van der Waals surface area contributed by atoms with Crippen molar-refractivity contribution in [2.24, 2.45) is 0 Å². The van der Waals surface area contributed by atoms with E-state index in [1.165, 1.54) is 0 Å². The maximum Gasteiger partial charge on any atom is 0.258 e. The summed E-state index contributed by atoms with van der Waals surface area (Å²) in [5.41, 5.74) is 2.30. The smallest absolute Gasteiger partial charge is 0.258 e. The minimum absolute atomic E-state index is 0.171. The second kappa shape index (κ2) is 9.53. The van der Waals surface area contributed by atoms with Gasteiger partial charge in [0.05, 0.1) is 17.4 Å². The van der Waals surface area contributed by atoms with Crippen LogP contribution in [0.15, 0.2) is 94.2 Å². The second-order valence-electron chi connectivity index (χ2n) is 7.06. The molecule has 0 spiro atoms. The average molecular weight is 474 g/mol. The topological polar surface area (TPSA) is 66.1 Å². The van der Waals surface area contributed by atoms with E-state index in [-0.39, 0.29) is 18.0 Å². The molecule has 1 aromatic heterocycles. The van der Waals surface area contributed by atoms with E-state index < -0.39 is 0 Å². The lowest BCUT2D eigenvalue weighted by Crippen LogP contribution is -2.30. The average Bonchev–Trinajstić information content (AvgIpc) is 2.79. The fourth-order valence-corrected chi connectivity index (χ4v) is 3.70. The van der Waals surface area contributed by atoms with Crippen LogP contribution in [-0.4, -0.2) is 20.8 Å². The number of halogens is 1. The van der Waals surface area contributed by atoms with E-state index in [1.807, 2.05) is 60.7 Å². The molecular weight excluding hydrogens is 454 g/mol. The summed E-state index contributed by atoms with van der Waals surface area (Å²) in [7, 11) is 0. The van der Waals surface area contributed by atoms with Crippen molar-refractivity contribution in [3.63, 3.8) is 0 Å². The first-order chi connectivity index (χ1) is 15.1. The zero-order valence-corrected chi connectivity index (χ0v) is 18.2. The Morgan fingerprint density at radius 1 is 0.935 bits per heavy atom. The highest BCUT2D eigenvalue weighted by atomic mass is 79.9. The van der Waals surface area contributed by atoms with Gasteiger partial charge in [-0.25, -0.2) is 4.98 Å². The summed E-state index contributed by atoms with van der Waals surface area (Å²) in [5.74, 6) is 0.276. The van der Waals surface area contributed by atoms with Crippen LogP contribution in [0.2, 0.25) is 0 Å². The zero-order chi connectivity index (χ0) is 21.6. The van der Waals surface area contributed by atoms with Crippen LogP contribution >= 0.6 is 15.9 Å². The molecular formula is C25H20BrN3O2. The van der Waals surface area contributed by atoms with Gasteiger partial charge in [-0.15, -0.1) is 0 Å². The molecule has 0 atom stereocenters. The van der Waals surface area contributed by atoms with Crippen LogP contribution in [0.5, 0.6) is 0 Å². The standard InChI is InChI=1S/C25H20BrN3O2/c26-21-12-6-4-10-19(21)14-15-24(30)29(16-18-8-2-1-3-9-18)17-23-27-22-13-7-5-11-20(22)25(31)28-23/h1-15H,16-17H2,(H,27,28,31)/b15-14-. The summed E-state index contributed by atoms with van der Waals surface area (Å²) in [6, 6.07) is 24.6. The molecule has 0 unspecified atom stereocenters. The fraction of sp³-hybridized carbons (Fsp3) is 0.0800. The first-order valence-electron chi connectivity index (χ1n) is 9.83. The van der Waals surface area contributed by atoms with Crippen molar-refractivity contribution in [1.29, 1.82) is 0 Å². The Hall–Kier alpha value is -3.51. The van der Waals surface area contributed by atoms with Crippen LogP contribution in [0, 0.1) is 0 Å². The zero-order valence-electron chi connectivity index (χ0n) is 16.7. The molecule has 0 fully saturated rings. The Morgan fingerprint density at radius 2 is 1.65 bits per heavy atom. The normalized spacial score (nSPS) is 11.1. The molecule has 0 aliphatic rings. The van der Waals surface area contributed by atoms with Crippen LogP contribution < -0.4 is 5.56 Å². The molecule has 0 saturated heterocycles. The van der Waals surface area contributed by atoms with Gasteiger partial charge in [0.1, 0.15) is 5.82 Å². The number of rotatable bonds is 6. The third kappa shape index (κ3) is 5.16. The number of nitrogens with zero attached hydrogens (tertiary/aromatic N) is 2. The van der Waals surface area contributed by atoms with Crippen molar-refractivity contribution >= 4 is 38.8 Å².